The Kier molecular flexibility index (Phi) is 6.26. The molecule has 3 N–H and O–H groups in total. The van der Waals surface area contributed by atoms with E-state index in [0.29, 0.717) is 22.4 Å². The van der Waals surface area contributed by atoms with Gasteiger partial charge in [-0.15, -0.1) is 0 Å². The number of aromatic hydroxyl groups is 2. The van der Waals surface area contributed by atoms with Crippen molar-refractivity contribution >= 4 is 28.1 Å². The highest BCUT2D eigenvalue weighted by Crippen LogP contribution is 2.31. The molecule has 0 aliphatic rings. The first kappa shape index (κ1) is 19.8. The Morgan fingerprint density at radius 3 is 2.54 bits per heavy atom. The number of hydrazone groups is 1. The minimum atomic E-state index is -0.430. The van der Waals surface area contributed by atoms with Crippen LogP contribution in [0.15, 0.2) is 27.8 Å². The molecule has 0 fully saturated rings. The van der Waals surface area contributed by atoms with Gasteiger partial charge in [-0.3, -0.25) is 4.79 Å². The van der Waals surface area contributed by atoms with Crippen molar-refractivity contribution < 1.29 is 19.7 Å². The van der Waals surface area contributed by atoms with E-state index >= 15 is 0 Å². The number of aryl methyl sites for hydroxylation is 3. The van der Waals surface area contributed by atoms with Crippen LogP contribution in [-0.4, -0.2) is 28.9 Å². The molecule has 0 aliphatic carbocycles. The van der Waals surface area contributed by atoms with E-state index in [1.54, 1.807) is 13.8 Å². The number of hydrogen-bond donors (Lipinski definition) is 3. The average Bonchev–Trinajstić information content (AvgIpc) is 2.55. The second-order valence-electron chi connectivity index (χ2n) is 6.07. The number of halogens is 1. The molecule has 2 rings (SSSR count). The summed E-state index contributed by atoms with van der Waals surface area (Å²) in [5, 5.41) is 23.6. The average molecular weight is 421 g/mol. The molecule has 138 valence electrons. The zero-order chi connectivity index (χ0) is 19.4. The number of ether oxygens (including phenoxy) is 1. The van der Waals surface area contributed by atoms with E-state index in [9.17, 15) is 15.0 Å². The van der Waals surface area contributed by atoms with Crippen LogP contribution in [0.5, 0.6) is 17.2 Å². The molecular formula is C19H21BrN2O4. The summed E-state index contributed by atoms with van der Waals surface area (Å²) in [7, 11) is 0. The van der Waals surface area contributed by atoms with Crippen LogP contribution in [0.1, 0.15) is 27.8 Å². The molecule has 7 heteroatoms. The van der Waals surface area contributed by atoms with E-state index < -0.39 is 5.91 Å². The summed E-state index contributed by atoms with van der Waals surface area (Å²) in [6.07, 6.45) is 1.34. The monoisotopic (exact) mass is 420 g/mol. The number of nitrogens with zero attached hydrogens (tertiary/aromatic N) is 1. The largest absolute Gasteiger partial charge is 0.508 e. The van der Waals surface area contributed by atoms with Crippen LogP contribution < -0.4 is 10.2 Å². The maximum absolute atomic E-state index is 11.9. The molecule has 0 spiro atoms. The van der Waals surface area contributed by atoms with Gasteiger partial charge >= 0.3 is 0 Å². The van der Waals surface area contributed by atoms with E-state index in [1.165, 1.54) is 12.3 Å². The van der Waals surface area contributed by atoms with E-state index in [1.807, 2.05) is 26.0 Å². The Labute approximate surface area is 160 Å². The minimum absolute atomic E-state index is 0.00799. The van der Waals surface area contributed by atoms with Gasteiger partial charge in [0.15, 0.2) is 6.61 Å². The number of carbonyl (C=O) groups excluding carboxylic acids is 1. The van der Waals surface area contributed by atoms with Crippen molar-refractivity contribution in [2.75, 3.05) is 6.61 Å². The third kappa shape index (κ3) is 4.54. The summed E-state index contributed by atoms with van der Waals surface area (Å²) in [6, 6.07) is 5.41. The lowest BCUT2D eigenvalue weighted by Crippen LogP contribution is -2.25. The van der Waals surface area contributed by atoms with Gasteiger partial charge in [-0.2, -0.15) is 5.10 Å². The molecule has 2 aromatic carbocycles. The zero-order valence-electron chi connectivity index (χ0n) is 15.1. The first-order chi connectivity index (χ1) is 12.2. The number of rotatable bonds is 5. The number of benzene rings is 2. The molecule has 0 bridgehead atoms. The minimum Gasteiger partial charge on any atom is -0.508 e. The molecule has 26 heavy (non-hydrogen) atoms. The van der Waals surface area contributed by atoms with E-state index in [0.717, 1.165) is 15.6 Å². The molecule has 0 aliphatic heterocycles. The Balaban J connectivity index is 2.00. The Morgan fingerprint density at radius 2 is 1.88 bits per heavy atom. The number of amides is 1. The molecule has 1 amide bonds. The Bertz CT molecular complexity index is 855. The molecule has 0 heterocycles. The van der Waals surface area contributed by atoms with Crippen molar-refractivity contribution in [3.8, 4) is 17.2 Å². The molecule has 0 radical (unpaired) electrons. The standard InChI is InChI=1S/C19H21BrN2O4/c1-10-5-12(3)19(15(20)6-10)26-9-17(24)22-21-8-14-11(2)7-16(23)13(4)18(14)25/h5-8,23,25H,9H2,1-4H3,(H,22,24)/b21-8+. The van der Waals surface area contributed by atoms with Crippen LogP contribution in [0, 0.1) is 27.7 Å². The van der Waals surface area contributed by atoms with Crippen molar-refractivity contribution in [3.63, 3.8) is 0 Å². The topological polar surface area (TPSA) is 91.2 Å². The van der Waals surface area contributed by atoms with E-state index in [2.05, 4.69) is 26.5 Å². The number of nitrogens with one attached hydrogen (secondary N) is 1. The van der Waals surface area contributed by atoms with Crippen LogP contribution in [0.25, 0.3) is 0 Å². The smallest absolute Gasteiger partial charge is 0.277 e. The highest BCUT2D eigenvalue weighted by atomic mass is 79.9. The summed E-state index contributed by atoms with van der Waals surface area (Å²) in [5.74, 6) is 0.114. The lowest BCUT2D eigenvalue weighted by molar-refractivity contribution is -0.123. The van der Waals surface area contributed by atoms with Crippen molar-refractivity contribution in [1.82, 2.24) is 5.43 Å². The molecule has 0 aromatic heterocycles. The van der Waals surface area contributed by atoms with Crippen molar-refractivity contribution in [3.05, 3.63) is 50.5 Å². The fourth-order valence-electron chi connectivity index (χ4n) is 2.49. The number of phenols is 2. The molecule has 6 nitrogen and oxygen atoms in total. The van der Waals surface area contributed by atoms with Gasteiger partial charge in [0, 0.05) is 11.1 Å². The second-order valence-corrected chi connectivity index (χ2v) is 6.93. The zero-order valence-corrected chi connectivity index (χ0v) is 16.6. The van der Waals surface area contributed by atoms with Gasteiger partial charge in [0.25, 0.3) is 5.91 Å². The molecule has 0 saturated carbocycles. The quantitative estimate of drug-likeness (QED) is 0.508. The lowest BCUT2D eigenvalue weighted by Gasteiger charge is -2.11. The third-order valence-corrected chi connectivity index (χ3v) is 4.47. The predicted molar refractivity (Wildman–Crippen MR) is 104 cm³/mol. The Hall–Kier alpha value is -2.54. The van der Waals surface area contributed by atoms with Gasteiger partial charge in [-0.25, -0.2) is 5.43 Å². The third-order valence-electron chi connectivity index (χ3n) is 3.88. The molecule has 0 unspecified atom stereocenters. The van der Waals surface area contributed by atoms with Gasteiger partial charge in [0.1, 0.15) is 17.2 Å². The first-order valence-corrected chi connectivity index (χ1v) is 8.73. The fourth-order valence-corrected chi connectivity index (χ4v) is 3.28. The number of phenolic OH excluding ortho intramolecular Hbond substituents is 2. The van der Waals surface area contributed by atoms with Crippen molar-refractivity contribution in [2.24, 2.45) is 5.10 Å². The predicted octanol–water partition coefficient (Wildman–Crippen LogP) is 3.62. The summed E-state index contributed by atoms with van der Waals surface area (Å²) in [5.41, 5.74) is 5.79. The highest BCUT2D eigenvalue weighted by molar-refractivity contribution is 9.10. The summed E-state index contributed by atoms with van der Waals surface area (Å²) in [6.45, 7) is 7.01. The van der Waals surface area contributed by atoms with E-state index in [4.69, 9.17) is 4.74 Å². The normalized spacial score (nSPS) is 11.0. The molecule has 2 aromatic rings. The van der Waals surface area contributed by atoms with Crippen LogP contribution in [0.3, 0.4) is 0 Å². The lowest BCUT2D eigenvalue weighted by atomic mass is 10.0. The SMILES string of the molecule is Cc1cc(C)c(OCC(=O)N/N=C/c2c(C)cc(O)c(C)c2O)c(Br)c1. The summed E-state index contributed by atoms with van der Waals surface area (Å²) < 4.78 is 6.34. The number of hydrogen-bond acceptors (Lipinski definition) is 5. The van der Waals surface area contributed by atoms with Gasteiger partial charge in [0.2, 0.25) is 0 Å². The second kappa shape index (κ2) is 8.23. The first-order valence-electron chi connectivity index (χ1n) is 7.94. The number of carbonyl (C=O) groups is 1. The summed E-state index contributed by atoms with van der Waals surface area (Å²) >= 11 is 3.43. The Morgan fingerprint density at radius 1 is 1.19 bits per heavy atom. The van der Waals surface area contributed by atoms with Crippen molar-refractivity contribution in [2.45, 2.75) is 27.7 Å². The molecular weight excluding hydrogens is 400 g/mol. The maximum atomic E-state index is 11.9. The van der Waals surface area contributed by atoms with Crippen molar-refractivity contribution in [1.29, 1.82) is 0 Å². The van der Waals surface area contributed by atoms with Crippen LogP contribution in [0.4, 0.5) is 0 Å². The molecule has 0 saturated heterocycles. The highest BCUT2D eigenvalue weighted by Gasteiger charge is 2.11. The van der Waals surface area contributed by atoms with Gasteiger partial charge in [-0.05, 0) is 72.4 Å². The molecule has 0 atom stereocenters. The van der Waals surface area contributed by atoms with E-state index in [-0.39, 0.29) is 18.1 Å². The van der Waals surface area contributed by atoms with Crippen LogP contribution >= 0.6 is 15.9 Å². The van der Waals surface area contributed by atoms with Crippen LogP contribution in [-0.2, 0) is 4.79 Å². The summed E-state index contributed by atoms with van der Waals surface area (Å²) in [4.78, 5) is 11.9. The fraction of sp³-hybridized carbons (Fsp3) is 0.263. The van der Waals surface area contributed by atoms with Gasteiger partial charge < -0.3 is 14.9 Å². The van der Waals surface area contributed by atoms with Gasteiger partial charge in [-0.1, -0.05) is 6.07 Å². The van der Waals surface area contributed by atoms with Crippen LogP contribution in [0.2, 0.25) is 0 Å². The maximum Gasteiger partial charge on any atom is 0.277 e. The van der Waals surface area contributed by atoms with Gasteiger partial charge in [0.05, 0.1) is 10.7 Å².